The first-order chi connectivity index (χ1) is 14.1. The third kappa shape index (κ3) is 3.30. The van der Waals surface area contributed by atoms with E-state index >= 15 is 0 Å². The molecule has 0 atom stereocenters. The molecule has 5 rings (SSSR count). The fourth-order valence-corrected chi connectivity index (χ4v) is 4.79. The first-order valence-corrected chi connectivity index (χ1v) is 10.7. The summed E-state index contributed by atoms with van der Waals surface area (Å²) in [5, 5.41) is 17.9. The van der Waals surface area contributed by atoms with Crippen molar-refractivity contribution in [3.63, 3.8) is 0 Å². The number of aliphatic hydroxyl groups is 1. The number of aromatic nitrogens is 3. The maximum atomic E-state index is 9.75. The van der Waals surface area contributed by atoms with Crippen LogP contribution in [0.1, 0.15) is 42.5 Å². The van der Waals surface area contributed by atoms with Crippen LogP contribution in [0.5, 0.6) is 0 Å². The Morgan fingerprint density at radius 1 is 1.17 bits per heavy atom. The van der Waals surface area contributed by atoms with E-state index in [9.17, 15) is 5.11 Å². The van der Waals surface area contributed by atoms with Crippen LogP contribution in [0.4, 0.5) is 5.95 Å². The second kappa shape index (κ2) is 7.43. The van der Waals surface area contributed by atoms with Crippen LogP contribution in [0.2, 0.25) is 0 Å². The van der Waals surface area contributed by atoms with E-state index < -0.39 is 0 Å². The Morgan fingerprint density at radius 3 is 2.83 bits per heavy atom. The first kappa shape index (κ1) is 18.6. The molecule has 2 aromatic heterocycles. The molecule has 1 saturated carbocycles. The number of aliphatic hydroxyl groups excluding tert-OH is 1. The van der Waals surface area contributed by atoms with Gasteiger partial charge in [-0.15, -0.1) is 0 Å². The van der Waals surface area contributed by atoms with Crippen molar-refractivity contribution >= 4 is 17.0 Å². The molecule has 0 amide bonds. The molecule has 0 unspecified atom stereocenters. The third-order valence-corrected chi connectivity index (χ3v) is 6.62. The highest BCUT2D eigenvalue weighted by molar-refractivity contribution is 5.97. The predicted octanol–water partition coefficient (Wildman–Crippen LogP) is 3.53. The van der Waals surface area contributed by atoms with E-state index in [-0.39, 0.29) is 6.10 Å². The van der Waals surface area contributed by atoms with E-state index in [1.165, 1.54) is 27.9 Å². The standard InChI is InChI=1S/C23H29N5O/c1-14-4-3-5-18(15(14)2)21-19-12-25-23(26-16-6-8-17(29)9-7-16)27-22(19)28-11-10-24-13-20(21)28/h3-5,12,16-17,24,29H,6-11,13H2,1-2H3,(H,25,26,27)/t16-,17-. The second-order valence-electron chi connectivity index (χ2n) is 8.48. The van der Waals surface area contributed by atoms with Crippen LogP contribution in [0, 0.1) is 13.8 Å². The predicted molar refractivity (Wildman–Crippen MR) is 116 cm³/mol. The Hall–Kier alpha value is -2.44. The number of hydrogen-bond donors (Lipinski definition) is 3. The number of hydrogen-bond acceptors (Lipinski definition) is 5. The van der Waals surface area contributed by atoms with Crippen molar-refractivity contribution < 1.29 is 5.11 Å². The molecular weight excluding hydrogens is 362 g/mol. The molecule has 152 valence electrons. The molecule has 1 aromatic carbocycles. The highest BCUT2D eigenvalue weighted by atomic mass is 16.3. The summed E-state index contributed by atoms with van der Waals surface area (Å²) in [6.07, 6.45) is 5.47. The Bertz CT molecular complexity index is 1050. The van der Waals surface area contributed by atoms with Gasteiger partial charge in [-0.1, -0.05) is 18.2 Å². The van der Waals surface area contributed by atoms with Crippen LogP contribution in [0.3, 0.4) is 0 Å². The summed E-state index contributed by atoms with van der Waals surface area (Å²) in [6.45, 7) is 7.09. The minimum Gasteiger partial charge on any atom is -0.393 e. The van der Waals surface area contributed by atoms with E-state index in [1.54, 1.807) is 0 Å². The molecule has 0 radical (unpaired) electrons. The van der Waals surface area contributed by atoms with E-state index in [0.717, 1.165) is 56.4 Å². The molecule has 0 spiro atoms. The Kier molecular flexibility index (Phi) is 4.76. The molecule has 3 aromatic rings. The largest absolute Gasteiger partial charge is 0.393 e. The average Bonchev–Trinajstić information content (AvgIpc) is 3.06. The topological polar surface area (TPSA) is 75.0 Å². The number of benzene rings is 1. The fraction of sp³-hybridized carbons (Fsp3) is 0.478. The maximum absolute atomic E-state index is 9.75. The van der Waals surface area contributed by atoms with Gasteiger partial charge in [0.15, 0.2) is 0 Å². The van der Waals surface area contributed by atoms with Crippen LogP contribution in [0.25, 0.3) is 22.2 Å². The lowest BCUT2D eigenvalue weighted by Gasteiger charge is -2.26. The molecule has 6 nitrogen and oxygen atoms in total. The highest BCUT2D eigenvalue weighted by Crippen LogP contribution is 2.37. The number of aryl methyl sites for hydroxylation is 1. The molecule has 2 aliphatic rings. The van der Waals surface area contributed by atoms with Crippen molar-refractivity contribution in [2.24, 2.45) is 0 Å². The molecule has 1 aliphatic carbocycles. The monoisotopic (exact) mass is 391 g/mol. The zero-order chi connectivity index (χ0) is 20.0. The minimum absolute atomic E-state index is 0.151. The lowest BCUT2D eigenvalue weighted by atomic mass is 9.93. The van der Waals surface area contributed by atoms with Crippen molar-refractivity contribution in [3.05, 3.63) is 41.2 Å². The van der Waals surface area contributed by atoms with Gasteiger partial charge in [-0.2, -0.15) is 4.98 Å². The molecule has 0 saturated heterocycles. The minimum atomic E-state index is -0.151. The molecular formula is C23H29N5O. The average molecular weight is 392 g/mol. The van der Waals surface area contributed by atoms with Crippen LogP contribution in [-0.2, 0) is 13.1 Å². The fourth-order valence-electron chi connectivity index (χ4n) is 4.79. The molecule has 6 heteroatoms. The summed E-state index contributed by atoms with van der Waals surface area (Å²) in [5.41, 5.74) is 7.48. The van der Waals surface area contributed by atoms with Gasteiger partial charge < -0.3 is 20.3 Å². The van der Waals surface area contributed by atoms with Gasteiger partial charge in [0.25, 0.3) is 0 Å². The summed E-state index contributed by atoms with van der Waals surface area (Å²) < 4.78 is 2.36. The van der Waals surface area contributed by atoms with E-state index in [4.69, 9.17) is 4.98 Å². The smallest absolute Gasteiger partial charge is 0.224 e. The SMILES string of the molecule is Cc1cccc(-c2c3n(c4nc(N[C@H]5CC[C@H](O)CC5)ncc24)CCNC3)c1C. The van der Waals surface area contributed by atoms with E-state index in [2.05, 4.69) is 52.2 Å². The van der Waals surface area contributed by atoms with Crippen molar-refractivity contribution in [1.29, 1.82) is 0 Å². The Labute approximate surface area is 171 Å². The summed E-state index contributed by atoms with van der Waals surface area (Å²) in [7, 11) is 0. The van der Waals surface area contributed by atoms with Crippen molar-refractivity contribution in [2.45, 2.75) is 64.8 Å². The molecule has 3 N–H and O–H groups in total. The summed E-state index contributed by atoms with van der Waals surface area (Å²) in [6, 6.07) is 6.86. The van der Waals surface area contributed by atoms with Crippen molar-refractivity contribution in [3.8, 4) is 11.1 Å². The first-order valence-electron chi connectivity index (χ1n) is 10.7. The number of fused-ring (bicyclic) bond motifs is 3. The third-order valence-electron chi connectivity index (χ3n) is 6.62. The van der Waals surface area contributed by atoms with Gasteiger partial charge >= 0.3 is 0 Å². The van der Waals surface area contributed by atoms with Gasteiger partial charge in [0.2, 0.25) is 5.95 Å². The summed E-state index contributed by atoms with van der Waals surface area (Å²) >= 11 is 0. The van der Waals surface area contributed by atoms with Gasteiger partial charge in [-0.25, -0.2) is 4.98 Å². The molecule has 0 bridgehead atoms. The summed E-state index contributed by atoms with van der Waals surface area (Å²) in [5.74, 6) is 0.699. The van der Waals surface area contributed by atoms with Gasteiger partial charge in [0.1, 0.15) is 5.65 Å². The number of anilines is 1. The summed E-state index contributed by atoms with van der Waals surface area (Å²) in [4.78, 5) is 9.63. The van der Waals surface area contributed by atoms with Gasteiger partial charge in [-0.3, -0.25) is 0 Å². The number of nitrogens with zero attached hydrogens (tertiary/aromatic N) is 3. The molecule has 1 fully saturated rings. The van der Waals surface area contributed by atoms with Crippen LogP contribution in [-0.4, -0.2) is 38.3 Å². The van der Waals surface area contributed by atoms with Crippen molar-refractivity contribution in [1.82, 2.24) is 19.9 Å². The van der Waals surface area contributed by atoms with E-state index in [1.807, 2.05) is 6.20 Å². The number of nitrogens with one attached hydrogen (secondary N) is 2. The number of rotatable bonds is 3. The van der Waals surface area contributed by atoms with Crippen molar-refractivity contribution in [2.75, 3.05) is 11.9 Å². The van der Waals surface area contributed by atoms with Crippen LogP contribution < -0.4 is 10.6 Å². The zero-order valence-electron chi connectivity index (χ0n) is 17.2. The van der Waals surface area contributed by atoms with E-state index in [0.29, 0.717) is 12.0 Å². The van der Waals surface area contributed by atoms with Gasteiger partial charge in [-0.05, 0) is 56.2 Å². The second-order valence-corrected chi connectivity index (χ2v) is 8.48. The quantitative estimate of drug-likeness (QED) is 0.637. The Morgan fingerprint density at radius 2 is 2.00 bits per heavy atom. The molecule has 1 aliphatic heterocycles. The van der Waals surface area contributed by atoms with Gasteiger partial charge in [0.05, 0.1) is 6.10 Å². The van der Waals surface area contributed by atoms with Gasteiger partial charge in [0, 0.05) is 48.5 Å². The lowest BCUT2D eigenvalue weighted by Crippen LogP contribution is -2.29. The normalized spacial score (nSPS) is 21.9. The Balaban J connectivity index is 1.59. The van der Waals surface area contributed by atoms with Crippen LogP contribution in [0.15, 0.2) is 24.4 Å². The van der Waals surface area contributed by atoms with Crippen LogP contribution >= 0.6 is 0 Å². The zero-order valence-corrected chi connectivity index (χ0v) is 17.2. The highest BCUT2D eigenvalue weighted by Gasteiger charge is 2.25. The molecule has 3 heterocycles. The maximum Gasteiger partial charge on any atom is 0.224 e. The molecule has 29 heavy (non-hydrogen) atoms. The lowest BCUT2D eigenvalue weighted by molar-refractivity contribution is 0.126.